The fourth-order valence-electron chi connectivity index (χ4n) is 3.91. The van der Waals surface area contributed by atoms with Crippen LogP contribution in [-0.2, 0) is 19.1 Å². The van der Waals surface area contributed by atoms with Crippen LogP contribution < -0.4 is 10.6 Å². The van der Waals surface area contributed by atoms with Crippen LogP contribution in [-0.4, -0.2) is 53.2 Å². The van der Waals surface area contributed by atoms with Crippen LogP contribution in [0.5, 0.6) is 0 Å². The van der Waals surface area contributed by atoms with Crippen molar-refractivity contribution in [2.24, 2.45) is 5.92 Å². The molecule has 2 atom stereocenters. The highest BCUT2D eigenvalue weighted by molar-refractivity contribution is 7.99. The van der Waals surface area contributed by atoms with E-state index in [0.29, 0.717) is 6.42 Å². The summed E-state index contributed by atoms with van der Waals surface area (Å²) < 4.78 is 30.1. The number of thioether (sulfide) groups is 1. The van der Waals surface area contributed by atoms with Crippen molar-refractivity contribution in [1.82, 2.24) is 10.2 Å². The molecule has 4 amide bonds. The van der Waals surface area contributed by atoms with E-state index < -0.39 is 48.3 Å². The summed E-state index contributed by atoms with van der Waals surface area (Å²) in [6.45, 7) is 0.607. The number of carbonyl (C=O) groups excluding carboxylic acids is 4. The lowest BCUT2D eigenvalue weighted by Gasteiger charge is -2.36. The second-order valence-electron chi connectivity index (χ2n) is 7.52. The van der Waals surface area contributed by atoms with Gasteiger partial charge in [-0.2, -0.15) is 8.78 Å². The number of para-hydroxylation sites is 1. The Morgan fingerprint density at radius 2 is 2.06 bits per heavy atom. The smallest absolute Gasteiger partial charge is 0.326 e. The number of benzene rings is 1. The molecular weight excluding hydrogens is 432 g/mol. The van der Waals surface area contributed by atoms with Crippen molar-refractivity contribution in [2.45, 2.75) is 48.8 Å². The van der Waals surface area contributed by atoms with E-state index in [1.54, 1.807) is 12.1 Å². The first-order valence-electron chi connectivity index (χ1n) is 9.86. The van der Waals surface area contributed by atoms with E-state index >= 15 is 0 Å². The molecule has 1 aliphatic carbocycles. The molecule has 8 nitrogen and oxygen atoms in total. The Morgan fingerprint density at radius 3 is 2.77 bits per heavy atom. The van der Waals surface area contributed by atoms with E-state index in [2.05, 4.69) is 10.6 Å². The van der Waals surface area contributed by atoms with Crippen LogP contribution in [0.25, 0.3) is 0 Å². The SMILES string of the molecule is CC1CCCCC12NC(=O)N(CC(=O)OCC(=O)Nc1ccccc1SC(F)F)C2=O. The van der Waals surface area contributed by atoms with Gasteiger partial charge in [-0.05, 0) is 30.9 Å². The highest BCUT2D eigenvalue weighted by atomic mass is 32.2. The van der Waals surface area contributed by atoms with Gasteiger partial charge in [0.1, 0.15) is 12.1 Å². The van der Waals surface area contributed by atoms with E-state index in [-0.39, 0.29) is 28.3 Å². The fraction of sp³-hybridized carbons (Fsp3) is 0.500. The van der Waals surface area contributed by atoms with Crippen molar-refractivity contribution in [3.8, 4) is 0 Å². The van der Waals surface area contributed by atoms with Gasteiger partial charge in [0.15, 0.2) is 6.61 Å². The fourth-order valence-corrected chi connectivity index (χ4v) is 4.51. The maximum Gasteiger partial charge on any atom is 0.326 e. The number of nitrogens with zero attached hydrogens (tertiary/aromatic N) is 1. The number of esters is 1. The van der Waals surface area contributed by atoms with E-state index in [9.17, 15) is 28.0 Å². The average Bonchev–Trinajstić information content (AvgIpc) is 2.95. The Morgan fingerprint density at radius 1 is 1.32 bits per heavy atom. The molecule has 0 radical (unpaired) electrons. The molecule has 2 N–H and O–H groups in total. The van der Waals surface area contributed by atoms with Gasteiger partial charge in [0.2, 0.25) is 0 Å². The Bertz CT molecular complexity index is 884. The standard InChI is InChI=1S/C20H23F2N3O5S/c1-12-6-4-5-9-20(12)17(28)25(19(29)24-20)10-16(27)30-11-15(26)23-13-7-2-3-8-14(13)31-18(21)22/h2-3,7-8,12,18H,4-6,9-11H2,1H3,(H,23,26)(H,24,29). The molecule has 168 valence electrons. The Hall–Kier alpha value is -2.69. The van der Waals surface area contributed by atoms with Gasteiger partial charge in [0.25, 0.3) is 17.6 Å². The zero-order valence-corrected chi connectivity index (χ0v) is 17.7. The summed E-state index contributed by atoms with van der Waals surface area (Å²) in [5.41, 5.74) is -0.824. The third kappa shape index (κ3) is 5.15. The number of rotatable bonds is 7. The lowest BCUT2D eigenvalue weighted by atomic mass is 9.73. The first kappa shape index (κ1) is 23.0. The molecule has 1 aromatic carbocycles. The second kappa shape index (κ2) is 9.63. The van der Waals surface area contributed by atoms with Crippen LogP contribution in [0.1, 0.15) is 32.6 Å². The molecule has 1 spiro atoms. The summed E-state index contributed by atoms with van der Waals surface area (Å²) >= 11 is 0.280. The lowest BCUT2D eigenvalue weighted by Crippen LogP contribution is -2.54. The molecule has 2 fully saturated rings. The van der Waals surface area contributed by atoms with Gasteiger partial charge >= 0.3 is 12.0 Å². The monoisotopic (exact) mass is 455 g/mol. The minimum atomic E-state index is -2.66. The quantitative estimate of drug-likeness (QED) is 0.372. The number of imide groups is 1. The van der Waals surface area contributed by atoms with Crippen LogP contribution in [0.4, 0.5) is 19.3 Å². The van der Waals surface area contributed by atoms with Crippen LogP contribution in [0.15, 0.2) is 29.2 Å². The Kier molecular flexibility index (Phi) is 7.14. The maximum absolute atomic E-state index is 12.8. The number of urea groups is 1. The highest BCUT2D eigenvalue weighted by Crippen LogP contribution is 2.38. The molecule has 1 saturated heterocycles. The third-order valence-corrected chi connectivity index (χ3v) is 6.32. The summed E-state index contributed by atoms with van der Waals surface area (Å²) in [6.07, 6.45) is 3.10. The molecule has 11 heteroatoms. The van der Waals surface area contributed by atoms with Crippen molar-refractivity contribution in [3.05, 3.63) is 24.3 Å². The highest BCUT2D eigenvalue weighted by Gasteiger charge is 2.55. The zero-order valence-electron chi connectivity index (χ0n) is 16.9. The van der Waals surface area contributed by atoms with Gasteiger partial charge in [-0.25, -0.2) is 4.79 Å². The number of anilines is 1. The summed E-state index contributed by atoms with van der Waals surface area (Å²) in [5.74, 6) is -4.81. The summed E-state index contributed by atoms with van der Waals surface area (Å²) in [4.78, 5) is 50.3. The molecular formula is C20H23F2N3O5S. The molecule has 1 heterocycles. The second-order valence-corrected chi connectivity index (χ2v) is 8.56. The van der Waals surface area contributed by atoms with Crippen molar-refractivity contribution < 1.29 is 32.7 Å². The van der Waals surface area contributed by atoms with E-state index in [1.165, 1.54) is 12.1 Å². The summed E-state index contributed by atoms with van der Waals surface area (Å²) in [6, 6.07) is 5.34. The number of carbonyl (C=O) groups is 4. The van der Waals surface area contributed by atoms with Gasteiger partial charge in [0.05, 0.1) is 5.69 Å². The first-order valence-corrected chi connectivity index (χ1v) is 10.7. The summed E-state index contributed by atoms with van der Waals surface area (Å²) in [5, 5.41) is 5.13. The molecule has 3 rings (SSSR count). The van der Waals surface area contributed by atoms with Crippen molar-refractivity contribution in [3.63, 3.8) is 0 Å². The van der Waals surface area contributed by atoms with Crippen LogP contribution in [0.3, 0.4) is 0 Å². The van der Waals surface area contributed by atoms with Crippen LogP contribution in [0.2, 0.25) is 0 Å². The predicted molar refractivity (Wildman–Crippen MR) is 108 cm³/mol. The lowest BCUT2D eigenvalue weighted by molar-refractivity contribution is -0.150. The minimum absolute atomic E-state index is 0.0457. The summed E-state index contributed by atoms with van der Waals surface area (Å²) in [7, 11) is 0. The zero-order chi connectivity index (χ0) is 22.6. The molecule has 1 saturated carbocycles. The number of ether oxygens (including phenoxy) is 1. The molecule has 2 unspecified atom stereocenters. The van der Waals surface area contributed by atoms with Gasteiger partial charge in [-0.15, -0.1) is 0 Å². The Balaban J connectivity index is 1.53. The van der Waals surface area contributed by atoms with Crippen molar-refractivity contribution >= 4 is 41.3 Å². The van der Waals surface area contributed by atoms with Gasteiger partial charge in [0, 0.05) is 4.90 Å². The number of amides is 4. The first-order chi connectivity index (χ1) is 14.7. The third-order valence-electron chi connectivity index (χ3n) is 5.53. The number of nitrogens with one attached hydrogen (secondary N) is 2. The maximum atomic E-state index is 12.8. The van der Waals surface area contributed by atoms with E-state index in [4.69, 9.17) is 4.74 Å². The topological polar surface area (TPSA) is 105 Å². The predicted octanol–water partition coefficient (Wildman–Crippen LogP) is 2.98. The Labute approximate surface area is 182 Å². The van der Waals surface area contributed by atoms with Crippen LogP contribution >= 0.6 is 11.8 Å². The van der Waals surface area contributed by atoms with Gasteiger partial charge in [-0.1, -0.05) is 43.7 Å². The molecule has 0 aromatic heterocycles. The molecule has 2 aliphatic rings. The number of hydrogen-bond acceptors (Lipinski definition) is 6. The van der Waals surface area contributed by atoms with E-state index in [1.807, 2.05) is 6.92 Å². The molecule has 1 aliphatic heterocycles. The molecule has 1 aromatic rings. The largest absolute Gasteiger partial charge is 0.454 e. The molecule has 0 bridgehead atoms. The van der Waals surface area contributed by atoms with Crippen LogP contribution in [0, 0.1) is 5.92 Å². The van der Waals surface area contributed by atoms with Gasteiger partial charge < -0.3 is 15.4 Å². The molecule has 31 heavy (non-hydrogen) atoms. The van der Waals surface area contributed by atoms with E-state index in [0.717, 1.165) is 24.2 Å². The minimum Gasteiger partial charge on any atom is -0.454 e. The number of alkyl halides is 2. The normalized spacial score (nSPS) is 23.2. The van der Waals surface area contributed by atoms with Crippen molar-refractivity contribution in [2.75, 3.05) is 18.5 Å². The average molecular weight is 455 g/mol. The van der Waals surface area contributed by atoms with Crippen molar-refractivity contribution in [1.29, 1.82) is 0 Å². The number of hydrogen-bond donors (Lipinski definition) is 2. The van der Waals surface area contributed by atoms with Gasteiger partial charge in [-0.3, -0.25) is 19.3 Å². The number of halogens is 2.